The number of benzene rings is 2. The highest BCUT2D eigenvalue weighted by molar-refractivity contribution is 5.96. The first-order valence-electron chi connectivity index (χ1n) is 8.37. The van der Waals surface area contributed by atoms with E-state index in [-0.39, 0.29) is 5.75 Å². The first kappa shape index (κ1) is 20.8. The summed E-state index contributed by atoms with van der Waals surface area (Å²) >= 11 is 0. The van der Waals surface area contributed by atoms with Crippen LogP contribution in [-0.2, 0) is 14.3 Å². The third kappa shape index (κ3) is 5.47. The van der Waals surface area contributed by atoms with Crippen molar-refractivity contribution < 1.29 is 33.3 Å². The highest BCUT2D eigenvalue weighted by Gasteiger charge is 2.20. The van der Waals surface area contributed by atoms with E-state index in [9.17, 15) is 14.4 Å². The molecular weight excluding hydrogens is 366 g/mol. The number of hydrogen-bond acceptors (Lipinski definition) is 7. The quantitative estimate of drug-likeness (QED) is 0.521. The number of esters is 1. The normalized spacial score (nSPS) is 11.1. The van der Waals surface area contributed by atoms with Crippen LogP contribution in [0.4, 0.5) is 5.69 Å². The molecule has 8 nitrogen and oxygen atoms in total. The van der Waals surface area contributed by atoms with Crippen molar-refractivity contribution >= 4 is 23.9 Å². The summed E-state index contributed by atoms with van der Waals surface area (Å²) < 4.78 is 20.7. The van der Waals surface area contributed by atoms with Gasteiger partial charge in [-0.2, -0.15) is 0 Å². The number of amides is 1. The molecule has 2 aromatic rings. The fourth-order valence-electron chi connectivity index (χ4n) is 2.28. The zero-order chi connectivity index (χ0) is 20.5. The van der Waals surface area contributed by atoms with Crippen molar-refractivity contribution in [2.24, 2.45) is 0 Å². The second-order valence-corrected chi connectivity index (χ2v) is 5.64. The minimum Gasteiger partial charge on any atom is -0.495 e. The second kappa shape index (κ2) is 9.96. The summed E-state index contributed by atoms with van der Waals surface area (Å²) in [5, 5.41) is 2.64. The Morgan fingerprint density at radius 3 is 2.43 bits per heavy atom. The van der Waals surface area contributed by atoms with Gasteiger partial charge in [0, 0.05) is 5.56 Å². The van der Waals surface area contributed by atoms with Gasteiger partial charge in [-0.15, -0.1) is 0 Å². The average Bonchev–Trinajstić information content (AvgIpc) is 2.72. The third-order valence-corrected chi connectivity index (χ3v) is 3.71. The molecular formula is C20H21NO7. The Hall–Kier alpha value is -3.55. The van der Waals surface area contributed by atoms with Gasteiger partial charge in [-0.1, -0.05) is 12.1 Å². The lowest BCUT2D eigenvalue weighted by atomic mass is 10.2. The Balaban J connectivity index is 1.90. The van der Waals surface area contributed by atoms with Gasteiger partial charge in [0.05, 0.1) is 19.9 Å². The van der Waals surface area contributed by atoms with Gasteiger partial charge in [0.15, 0.2) is 24.2 Å². The van der Waals surface area contributed by atoms with Crippen molar-refractivity contribution in [3.05, 3.63) is 48.0 Å². The van der Waals surface area contributed by atoms with Gasteiger partial charge in [0.2, 0.25) is 0 Å². The Kier molecular flexibility index (Phi) is 7.38. The second-order valence-electron chi connectivity index (χ2n) is 5.64. The summed E-state index contributed by atoms with van der Waals surface area (Å²) in [6.45, 7) is 1.02. The largest absolute Gasteiger partial charge is 0.495 e. The molecule has 0 aliphatic carbocycles. The molecule has 2 aromatic carbocycles. The third-order valence-electron chi connectivity index (χ3n) is 3.71. The lowest BCUT2D eigenvalue weighted by Crippen LogP contribution is -2.31. The molecule has 8 heteroatoms. The van der Waals surface area contributed by atoms with Crippen LogP contribution < -0.4 is 19.5 Å². The van der Waals surface area contributed by atoms with E-state index < -0.39 is 24.6 Å². The highest BCUT2D eigenvalue weighted by atomic mass is 16.6. The van der Waals surface area contributed by atoms with Crippen LogP contribution in [0.2, 0.25) is 0 Å². The van der Waals surface area contributed by atoms with Crippen molar-refractivity contribution in [2.75, 3.05) is 26.1 Å². The van der Waals surface area contributed by atoms with Gasteiger partial charge in [-0.25, -0.2) is 4.79 Å². The standard InChI is InChI=1S/C20H21NO7/c1-13(20(24)21-15-6-4-5-7-16(15)25-2)28-19(23)12-27-17-9-8-14(11-22)10-18(17)26-3/h4-11,13H,12H2,1-3H3,(H,21,24)/t13-/m1/s1. The molecule has 148 valence electrons. The number of methoxy groups -OCH3 is 2. The average molecular weight is 387 g/mol. The van der Waals surface area contributed by atoms with E-state index in [2.05, 4.69) is 5.32 Å². The van der Waals surface area contributed by atoms with Crippen LogP contribution in [0.5, 0.6) is 17.2 Å². The van der Waals surface area contributed by atoms with E-state index >= 15 is 0 Å². The van der Waals surface area contributed by atoms with Crippen LogP contribution in [0.15, 0.2) is 42.5 Å². The number of rotatable bonds is 9. The number of anilines is 1. The zero-order valence-electron chi connectivity index (χ0n) is 15.8. The van der Waals surface area contributed by atoms with Gasteiger partial charge in [0.25, 0.3) is 5.91 Å². The number of hydrogen-bond donors (Lipinski definition) is 1. The Morgan fingerprint density at radius 1 is 1.04 bits per heavy atom. The van der Waals surface area contributed by atoms with Crippen LogP contribution >= 0.6 is 0 Å². The predicted octanol–water partition coefficient (Wildman–Crippen LogP) is 2.47. The van der Waals surface area contributed by atoms with Crippen LogP contribution in [-0.4, -0.2) is 45.1 Å². The number of carbonyl (C=O) groups is 3. The highest BCUT2D eigenvalue weighted by Crippen LogP contribution is 2.27. The van der Waals surface area contributed by atoms with E-state index in [0.29, 0.717) is 29.0 Å². The number of nitrogens with one attached hydrogen (secondary N) is 1. The number of carbonyl (C=O) groups excluding carboxylic acids is 3. The molecule has 0 radical (unpaired) electrons. The summed E-state index contributed by atoms with van der Waals surface area (Å²) in [5.41, 5.74) is 0.877. The topological polar surface area (TPSA) is 100 Å². The molecule has 0 aromatic heterocycles. The summed E-state index contributed by atoms with van der Waals surface area (Å²) in [4.78, 5) is 35.0. The molecule has 28 heavy (non-hydrogen) atoms. The van der Waals surface area contributed by atoms with Crippen LogP contribution in [0.3, 0.4) is 0 Å². The molecule has 1 atom stereocenters. The maximum absolute atomic E-state index is 12.2. The Labute approximate surface area is 162 Å². The molecule has 1 amide bonds. The van der Waals surface area contributed by atoms with E-state index in [4.69, 9.17) is 18.9 Å². The molecule has 0 bridgehead atoms. The maximum Gasteiger partial charge on any atom is 0.344 e. The molecule has 0 saturated heterocycles. The Bertz CT molecular complexity index is 850. The van der Waals surface area contributed by atoms with Crippen LogP contribution in [0.25, 0.3) is 0 Å². The smallest absolute Gasteiger partial charge is 0.344 e. The van der Waals surface area contributed by atoms with Crippen LogP contribution in [0, 0.1) is 0 Å². The fraction of sp³-hybridized carbons (Fsp3) is 0.250. The van der Waals surface area contributed by atoms with Crippen molar-refractivity contribution in [3.63, 3.8) is 0 Å². The molecule has 2 rings (SSSR count). The van der Waals surface area contributed by atoms with Gasteiger partial charge >= 0.3 is 5.97 Å². The van der Waals surface area contributed by atoms with E-state index in [1.54, 1.807) is 24.3 Å². The number of aldehydes is 1. The first-order chi connectivity index (χ1) is 13.5. The summed E-state index contributed by atoms with van der Waals surface area (Å²) in [5.74, 6) is -0.172. The van der Waals surface area contributed by atoms with Crippen LogP contribution in [0.1, 0.15) is 17.3 Å². The summed E-state index contributed by atoms with van der Waals surface area (Å²) in [7, 11) is 2.90. The molecule has 0 fully saturated rings. The first-order valence-corrected chi connectivity index (χ1v) is 8.37. The summed E-state index contributed by atoms with van der Waals surface area (Å²) in [6.07, 6.45) is -0.372. The van der Waals surface area contributed by atoms with E-state index in [1.807, 2.05) is 0 Å². The molecule has 1 N–H and O–H groups in total. The van der Waals surface area contributed by atoms with Crippen molar-refractivity contribution in [3.8, 4) is 17.2 Å². The van der Waals surface area contributed by atoms with Gasteiger partial charge in [-0.05, 0) is 37.3 Å². The van der Waals surface area contributed by atoms with E-state index in [1.165, 1.54) is 39.3 Å². The Morgan fingerprint density at radius 2 is 1.75 bits per heavy atom. The monoisotopic (exact) mass is 387 g/mol. The summed E-state index contributed by atoms with van der Waals surface area (Å²) in [6, 6.07) is 11.4. The fourth-order valence-corrected chi connectivity index (χ4v) is 2.28. The minimum atomic E-state index is -1.04. The van der Waals surface area contributed by atoms with Gasteiger partial charge < -0.3 is 24.3 Å². The predicted molar refractivity (Wildman–Crippen MR) is 101 cm³/mol. The molecule has 0 unspecified atom stereocenters. The van der Waals surface area contributed by atoms with Gasteiger partial charge in [0.1, 0.15) is 12.0 Å². The molecule has 0 spiro atoms. The lowest BCUT2D eigenvalue weighted by Gasteiger charge is -2.16. The van der Waals surface area contributed by atoms with Crippen molar-refractivity contribution in [1.82, 2.24) is 0 Å². The van der Waals surface area contributed by atoms with Crippen molar-refractivity contribution in [1.29, 1.82) is 0 Å². The lowest BCUT2D eigenvalue weighted by molar-refractivity contribution is -0.155. The molecule has 0 aliphatic rings. The minimum absolute atomic E-state index is 0.274. The number of ether oxygens (including phenoxy) is 4. The number of para-hydroxylation sites is 2. The SMILES string of the molecule is COc1ccccc1NC(=O)[C@@H](C)OC(=O)COc1ccc(C=O)cc1OC. The molecule has 0 heterocycles. The molecule has 0 saturated carbocycles. The van der Waals surface area contributed by atoms with Crippen molar-refractivity contribution in [2.45, 2.75) is 13.0 Å². The molecule has 0 aliphatic heterocycles. The maximum atomic E-state index is 12.2. The van der Waals surface area contributed by atoms with E-state index in [0.717, 1.165) is 0 Å². The van der Waals surface area contributed by atoms with Gasteiger partial charge in [-0.3, -0.25) is 9.59 Å². The zero-order valence-corrected chi connectivity index (χ0v) is 15.8.